The van der Waals surface area contributed by atoms with E-state index in [-0.39, 0.29) is 17.0 Å². The van der Waals surface area contributed by atoms with Crippen molar-refractivity contribution in [2.75, 3.05) is 20.2 Å². The molecule has 2 aromatic rings. The predicted molar refractivity (Wildman–Crippen MR) is 108 cm³/mol. The van der Waals surface area contributed by atoms with Crippen LogP contribution in [-0.2, 0) is 16.6 Å². The Morgan fingerprint density at radius 3 is 2.54 bits per heavy atom. The first-order valence-electron chi connectivity index (χ1n) is 9.44. The van der Waals surface area contributed by atoms with E-state index in [2.05, 4.69) is 5.32 Å². The van der Waals surface area contributed by atoms with E-state index in [1.165, 1.54) is 10.4 Å². The molecule has 7 heteroatoms. The van der Waals surface area contributed by atoms with Gasteiger partial charge in [-0.05, 0) is 49.1 Å². The molecule has 0 bridgehead atoms. The van der Waals surface area contributed by atoms with Crippen molar-refractivity contribution in [3.8, 4) is 5.75 Å². The smallest absolute Gasteiger partial charge is 0.252 e. The van der Waals surface area contributed by atoms with Crippen LogP contribution in [0.3, 0.4) is 0 Å². The third-order valence-corrected chi connectivity index (χ3v) is 6.95. The molecular weight excluding hydrogens is 376 g/mol. The number of benzene rings is 2. The largest absolute Gasteiger partial charge is 0.496 e. The third kappa shape index (κ3) is 4.36. The monoisotopic (exact) mass is 402 g/mol. The molecule has 0 atom stereocenters. The summed E-state index contributed by atoms with van der Waals surface area (Å²) in [6.45, 7) is 3.24. The summed E-state index contributed by atoms with van der Waals surface area (Å²) in [5.74, 6) is 0.343. The number of amides is 1. The third-order valence-electron chi connectivity index (χ3n) is 4.99. The number of aryl methyl sites for hydroxylation is 1. The fourth-order valence-electron chi connectivity index (χ4n) is 3.38. The van der Waals surface area contributed by atoms with Gasteiger partial charge in [-0.25, -0.2) is 8.42 Å². The molecule has 0 aliphatic carbocycles. The van der Waals surface area contributed by atoms with E-state index in [1.807, 2.05) is 25.1 Å². The Kier molecular flexibility index (Phi) is 6.36. The van der Waals surface area contributed by atoms with Crippen LogP contribution >= 0.6 is 0 Å². The van der Waals surface area contributed by atoms with Crippen LogP contribution in [0.4, 0.5) is 0 Å². The summed E-state index contributed by atoms with van der Waals surface area (Å²) in [5.41, 5.74) is 2.06. The van der Waals surface area contributed by atoms with Crippen LogP contribution in [0.25, 0.3) is 0 Å². The molecule has 1 fully saturated rings. The summed E-state index contributed by atoms with van der Waals surface area (Å²) in [6, 6.07) is 12.1. The van der Waals surface area contributed by atoms with Gasteiger partial charge in [0.05, 0.1) is 17.6 Å². The van der Waals surface area contributed by atoms with Crippen molar-refractivity contribution >= 4 is 15.9 Å². The van der Waals surface area contributed by atoms with E-state index >= 15 is 0 Å². The lowest BCUT2D eigenvalue weighted by Gasteiger charge is -2.26. The zero-order chi connectivity index (χ0) is 20.1. The fraction of sp³-hybridized carbons (Fsp3) is 0.381. The number of methoxy groups -OCH3 is 1. The van der Waals surface area contributed by atoms with E-state index in [0.717, 1.165) is 36.1 Å². The van der Waals surface area contributed by atoms with Gasteiger partial charge in [-0.15, -0.1) is 0 Å². The molecule has 0 spiro atoms. The van der Waals surface area contributed by atoms with Crippen LogP contribution in [0, 0.1) is 6.92 Å². The Morgan fingerprint density at radius 2 is 1.82 bits per heavy atom. The van der Waals surface area contributed by atoms with Gasteiger partial charge in [0.25, 0.3) is 5.91 Å². The highest BCUT2D eigenvalue weighted by atomic mass is 32.2. The fourth-order valence-corrected chi connectivity index (χ4v) is 5.08. The highest BCUT2D eigenvalue weighted by molar-refractivity contribution is 7.89. The second-order valence-electron chi connectivity index (χ2n) is 6.95. The minimum absolute atomic E-state index is 0.0656. The van der Waals surface area contributed by atoms with E-state index in [0.29, 0.717) is 13.1 Å². The van der Waals surface area contributed by atoms with Crippen molar-refractivity contribution < 1.29 is 17.9 Å². The molecule has 0 radical (unpaired) electrons. The van der Waals surface area contributed by atoms with Crippen LogP contribution in [-0.4, -0.2) is 38.8 Å². The predicted octanol–water partition coefficient (Wildman–Crippen LogP) is 3.11. The zero-order valence-electron chi connectivity index (χ0n) is 16.3. The molecular formula is C21H26N2O4S. The maximum Gasteiger partial charge on any atom is 0.252 e. The first-order valence-corrected chi connectivity index (χ1v) is 10.9. The summed E-state index contributed by atoms with van der Waals surface area (Å²) in [6.07, 6.45) is 2.74. The standard InChI is InChI=1S/C21H26N2O4S/c1-16-10-11-17(14-19(16)27-2)15-22-21(24)18-8-4-5-9-20(18)28(25,26)23-12-6-3-7-13-23/h4-5,8-11,14H,3,6-7,12-13,15H2,1-2H3,(H,22,24). The summed E-state index contributed by atoms with van der Waals surface area (Å²) in [4.78, 5) is 12.8. The topological polar surface area (TPSA) is 75.7 Å². The van der Waals surface area contributed by atoms with Crippen molar-refractivity contribution in [1.29, 1.82) is 0 Å². The Hall–Kier alpha value is -2.38. The van der Waals surface area contributed by atoms with E-state index in [1.54, 1.807) is 25.3 Å². The molecule has 0 unspecified atom stereocenters. The first-order chi connectivity index (χ1) is 13.4. The average Bonchev–Trinajstić information content (AvgIpc) is 2.73. The Morgan fingerprint density at radius 1 is 1.11 bits per heavy atom. The Labute approximate surface area is 166 Å². The van der Waals surface area contributed by atoms with Crippen molar-refractivity contribution in [1.82, 2.24) is 9.62 Å². The van der Waals surface area contributed by atoms with Gasteiger partial charge in [0.1, 0.15) is 5.75 Å². The van der Waals surface area contributed by atoms with Crippen LogP contribution in [0.1, 0.15) is 40.7 Å². The van der Waals surface area contributed by atoms with Gasteiger partial charge in [0.15, 0.2) is 0 Å². The normalized spacial score (nSPS) is 15.2. The number of carbonyl (C=O) groups excluding carboxylic acids is 1. The number of sulfonamides is 1. The van der Waals surface area contributed by atoms with Crippen molar-refractivity contribution in [3.05, 3.63) is 59.2 Å². The molecule has 3 rings (SSSR count). The molecule has 28 heavy (non-hydrogen) atoms. The number of rotatable bonds is 6. The summed E-state index contributed by atoms with van der Waals surface area (Å²) in [5, 5.41) is 2.82. The van der Waals surface area contributed by atoms with E-state index in [4.69, 9.17) is 4.74 Å². The zero-order valence-corrected chi connectivity index (χ0v) is 17.1. The van der Waals surface area contributed by atoms with Gasteiger partial charge < -0.3 is 10.1 Å². The lowest BCUT2D eigenvalue weighted by molar-refractivity contribution is 0.0947. The number of nitrogens with zero attached hydrogens (tertiary/aromatic N) is 1. The van der Waals surface area contributed by atoms with Crippen molar-refractivity contribution in [2.45, 2.75) is 37.6 Å². The van der Waals surface area contributed by atoms with E-state index < -0.39 is 15.9 Å². The van der Waals surface area contributed by atoms with Crippen LogP contribution in [0.5, 0.6) is 5.75 Å². The Bertz CT molecular complexity index is 951. The van der Waals surface area contributed by atoms with Gasteiger partial charge in [-0.2, -0.15) is 4.31 Å². The highest BCUT2D eigenvalue weighted by Gasteiger charge is 2.29. The van der Waals surface area contributed by atoms with Crippen molar-refractivity contribution in [2.24, 2.45) is 0 Å². The SMILES string of the molecule is COc1cc(CNC(=O)c2ccccc2S(=O)(=O)N2CCCCC2)ccc1C. The minimum Gasteiger partial charge on any atom is -0.496 e. The first kappa shape index (κ1) is 20.4. The molecule has 1 aliphatic rings. The lowest BCUT2D eigenvalue weighted by atomic mass is 10.1. The van der Waals surface area contributed by atoms with E-state index in [9.17, 15) is 13.2 Å². The number of hydrogen-bond acceptors (Lipinski definition) is 4. The van der Waals surface area contributed by atoms with Gasteiger partial charge in [-0.3, -0.25) is 4.79 Å². The van der Waals surface area contributed by atoms with Crippen LogP contribution in [0.2, 0.25) is 0 Å². The molecule has 1 saturated heterocycles. The number of nitrogens with one attached hydrogen (secondary N) is 1. The second kappa shape index (κ2) is 8.75. The minimum atomic E-state index is -3.68. The van der Waals surface area contributed by atoms with Gasteiger partial charge in [-0.1, -0.05) is 30.7 Å². The molecule has 1 aliphatic heterocycles. The number of hydrogen-bond donors (Lipinski definition) is 1. The molecule has 1 amide bonds. The number of ether oxygens (including phenoxy) is 1. The Balaban J connectivity index is 1.79. The second-order valence-corrected chi connectivity index (χ2v) is 8.85. The molecule has 1 N–H and O–H groups in total. The van der Waals surface area contributed by atoms with Crippen LogP contribution in [0.15, 0.2) is 47.4 Å². The summed E-state index contributed by atoms with van der Waals surface area (Å²) < 4.78 is 32.9. The van der Waals surface area contributed by atoms with Gasteiger partial charge in [0.2, 0.25) is 10.0 Å². The molecule has 0 aromatic heterocycles. The molecule has 2 aromatic carbocycles. The summed E-state index contributed by atoms with van der Waals surface area (Å²) in [7, 11) is -2.08. The molecule has 6 nitrogen and oxygen atoms in total. The number of carbonyl (C=O) groups is 1. The van der Waals surface area contributed by atoms with Gasteiger partial charge >= 0.3 is 0 Å². The molecule has 150 valence electrons. The lowest BCUT2D eigenvalue weighted by Crippen LogP contribution is -2.37. The quantitative estimate of drug-likeness (QED) is 0.806. The molecule has 0 saturated carbocycles. The average molecular weight is 403 g/mol. The molecule has 1 heterocycles. The summed E-state index contributed by atoms with van der Waals surface area (Å²) >= 11 is 0. The maximum atomic E-state index is 13.0. The highest BCUT2D eigenvalue weighted by Crippen LogP contribution is 2.24. The van der Waals surface area contributed by atoms with Gasteiger partial charge in [0, 0.05) is 19.6 Å². The van der Waals surface area contributed by atoms with Crippen LogP contribution < -0.4 is 10.1 Å². The van der Waals surface area contributed by atoms with Crippen molar-refractivity contribution in [3.63, 3.8) is 0 Å². The maximum absolute atomic E-state index is 13.0. The number of piperidine rings is 1.